The molecule has 0 bridgehead atoms. The molecule has 1 aliphatic rings. The van der Waals surface area contributed by atoms with Gasteiger partial charge in [-0.3, -0.25) is 5.43 Å². The van der Waals surface area contributed by atoms with Gasteiger partial charge in [0.05, 0.1) is 27.5 Å². The second-order valence-electron chi connectivity index (χ2n) is 5.60. The van der Waals surface area contributed by atoms with Gasteiger partial charge in [-0.2, -0.15) is 5.10 Å². The fourth-order valence-electron chi connectivity index (χ4n) is 2.85. The molecule has 6 nitrogen and oxygen atoms in total. The van der Waals surface area contributed by atoms with E-state index in [9.17, 15) is 0 Å². The van der Waals surface area contributed by atoms with Crippen LogP contribution in [0, 0.1) is 0 Å². The summed E-state index contributed by atoms with van der Waals surface area (Å²) in [6, 6.07) is 4.11. The van der Waals surface area contributed by atoms with Gasteiger partial charge < -0.3 is 19.5 Å². The minimum absolute atomic E-state index is 0.449. The third-order valence-corrected chi connectivity index (χ3v) is 4.25. The van der Waals surface area contributed by atoms with Crippen LogP contribution in [0.25, 0.3) is 0 Å². The first kappa shape index (κ1) is 18.3. The van der Waals surface area contributed by atoms with E-state index in [1.54, 1.807) is 33.6 Å². The smallest absolute Gasteiger partial charge is 0.203 e. The maximum atomic E-state index is 5.42. The van der Waals surface area contributed by atoms with E-state index in [0.717, 1.165) is 18.4 Å². The van der Waals surface area contributed by atoms with E-state index in [0.29, 0.717) is 28.4 Å². The molecule has 7 heteroatoms. The minimum Gasteiger partial charge on any atom is -0.493 e. The average molecular weight is 351 g/mol. The van der Waals surface area contributed by atoms with Crippen LogP contribution in [0.4, 0.5) is 0 Å². The molecule has 1 saturated carbocycles. The highest BCUT2D eigenvalue weighted by Gasteiger charge is 2.15. The zero-order chi connectivity index (χ0) is 17.4. The highest BCUT2D eigenvalue weighted by atomic mass is 32.1. The van der Waals surface area contributed by atoms with Crippen molar-refractivity contribution in [3.8, 4) is 17.2 Å². The fraction of sp³-hybridized carbons (Fsp3) is 0.529. The van der Waals surface area contributed by atoms with Crippen LogP contribution in [0.5, 0.6) is 17.2 Å². The molecule has 0 unspecified atom stereocenters. The number of ether oxygens (including phenoxy) is 3. The zero-order valence-electron chi connectivity index (χ0n) is 14.4. The maximum absolute atomic E-state index is 5.42. The van der Waals surface area contributed by atoms with Crippen LogP contribution in [-0.4, -0.2) is 38.7 Å². The molecule has 0 atom stereocenters. The number of hydrogen-bond donors (Lipinski definition) is 2. The second-order valence-corrected chi connectivity index (χ2v) is 6.01. The molecule has 2 N–H and O–H groups in total. The standard InChI is InChI=1S/C17H25N3O3S/c1-21-14-10-9-12(15(22-2)16(14)23-3)11-18-20-17(24)19-13-7-5-4-6-8-13/h9-11,13H,4-8H2,1-3H3,(H2,19,20,24)/b18-11-. The number of benzene rings is 1. The molecule has 24 heavy (non-hydrogen) atoms. The summed E-state index contributed by atoms with van der Waals surface area (Å²) in [7, 11) is 4.74. The van der Waals surface area contributed by atoms with Gasteiger partial charge in [-0.05, 0) is 37.2 Å². The SMILES string of the molecule is COc1ccc(/C=N\NC(=S)NC2CCCCC2)c(OC)c1OC. The highest BCUT2D eigenvalue weighted by molar-refractivity contribution is 7.80. The van der Waals surface area contributed by atoms with Crippen molar-refractivity contribution in [2.75, 3.05) is 21.3 Å². The van der Waals surface area contributed by atoms with Gasteiger partial charge in [-0.15, -0.1) is 0 Å². The molecular formula is C17H25N3O3S. The lowest BCUT2D eigenvalue weighted by Crippen LogP contribution is -2.40. The van der Waals surface area contributed by atoms with E-state index in [1.807, 2.05) is 6.07 Å². The number of thiocarbonyl (C=S) groups is 1. The third-order valence-electron chi connectivity index (χ3n) is 4.04. The largest absolute Gasteiger partial charge is 0.493 e. The van der Waals surface area contributed by atoms with E-state index in [2.05, 4.69) is 15.8 Å². The van der Waals surface area contributed by atoms with E-state index in [1.165, 1.54) is 19.3 Å². The van der Waals surface area contributed by atoms with Crippen LogP contribution in [0.3, 0.4) is 0 Å². The van der Waals surface area contributed by atoms with Gasteiger partial charge in [0.15, 0.2) is 16.6 Å². The summed E-state index contributed by atoms with van der Waals surface area (Å²) in [4.78, 5) is 0. The Labute approximate surface area is 148 Å². The van der Waals surface area contributed by atoms with Crippen molar-refractivity contribution in [1.29, 1.82) is 0 Å². The third kappa shape index (κ3) is 4.74. The van der Waals surface area contributed by atoms with Crippen molar-refractivity contribution < 1.29 is 14.2 Å². The molecule has 1 aromatic rings. The normalized spacial score (nSPS) is 15.1. The van der Waals surface area contributed by atoms with E-state index >= 15 is 0 Å². The summed E-state index contributed by atoms with van der Waals surface area (Å²) in [5, 5.41) is 8.04. The summed E-state index contributed by atoms with van der Waals surface area (Å²) in [6.07, 6.45) is 7.80. The Hall–Kier alpha value is -2.02. The average Bonchev–Trinajstić information content (AvgIpc) is 2.61. The van der Waals surface area contributed by atoms with Crippen LogP contribution in [0.15, 0.2) is 17.2 Å². The lowest BCUT2D eigenvalue weighted by atomic mass is 9.96. The van der Waals surface area contributed by atoms with Gasteiger partial charge in [0.2, 0.25) is 5.75 Å². The first-order valence-electron chi connectivity index (χ1n) is 8.08. The van der Waals surface area contributed by atoms with Crippen molar-refractivity contribution >= 4 is 23.5 Å². The monoisotopic (exact) mass is 351 g/mol. The van der Waals surface area contributed by atoms with Crippen LogP contribution < -0.4 is 25.0 Å². The molecule has 0 saturated heterocycles. The molecule has 0 aromatic heterocycles. The zero-order valence-corrected chi connectivity index (χ0v) is 15.2. The lowest BCUT2D eigenvalue weighted by Gasteiger charge is -2.23. The van der Waals surface area contributed by atoms with Crippen molar-refractivity contribution in [2.24, 2.45) is 5.10 Å². The molecule has 0 amide bonds. The molecule has 2 rings (SSSR count). The van der Waals surface area contributed by atoms with E-state index < -0.39 is 0 Å². The Morgan fingerprint density at radius 1 is 1.08 bits per heavy atom. The molecular weight excluding hydrogens is 326 g/mol. The Balaban J connectivity index is 1.99. The number of methoxy groups -OCH3 is 3. The van der Waals surface area contributed by atoms with Gasteiger partial charge in [-0.1, -0.05) is 19.3 Å². The summed E-state index contributed by atoms with van der Waals surface area (Å²) >= 11 is 5.29. The molecule has 0 radical (unpaired) electrons. The number of nitrogens with zero attached hydrogens (tertiary/aromatic N) is 1. The summed E-state index contributed by atoms with van der Waals surface area (Å²) in [5.74, 6) is 1.70. The van der Waals surface area contributed by atoms with Gasteiger partial charge in [0.1, 0.15) is 0 Å². The Morgan fingerprint density at radius 2 is 1.79 bits per heavy atom. The fourth-order valence-corrected chi connectivity index (χ4v) is 3.07. The Morgan fingerprint density at radius 3 is 2.42 bits per heavy atom. The van der Waals surface area contributed by atoms with Crippen molar-refractivity contribution in [1.82, 2.24) is 10.7 Å². The summed E-state index contributed by atoms with van der Waals surface area (Å²) in [5.41, 5.74) is 3.62. The topological polar surface area (TPSA) is 64.1 Å². The molecule has 0 aliphatic heterocycles. The first-order chi connectivity index (χ1) is 11.7. The van der Waals surface area contributed by atoms with Gasteiger partial charge in [0, 0.05) is 11.6 Å². The summed E-state index contributed by atoms with van der Waals surface area (Å²) < 4.78 is 16.0. The van der Waals surface area contributed by atoms with Crippen molar-refractivity contribution in [3.63, 3.8) is 0 Å². The molecule has 1 aromatic carbocycles. The Kier molecular flexibility index (Phi) is 7.11. The quantitative estimate of drug-likeness (QED) is 0.467. The van der Waals surface area contributed by atoms with Crippen molar-refractivity contribution in [3.05, 3.63) is 17.7 Å². The highest BCUT2D eigenvalue weighted by Crippen LogP contribution is 2.38. The van der Waals surface area contributed by atoms with Crippen molar-refractivity contribution in [2.45, 2.75) is 38.1 Å². The Bertz CT molecular complexity index is 587. The number of hydrazone groups is 1. The molecule has 0 spiro atoms. The van der Waals surface area contributed by atoms with E-state index in [-0.39, 0.29) is 0 Å². The number of hydrogen-bond acceptors (Lipinski definition) is 5. The molecule has 1 fully saturated rings. The van der Waals surface area contributed by atoms with E-state index in [4.69, 9.17) is 26.4 Å². The van der Waals surface area contributed by atoms with Crippen LogP contribution in [0.1, 0.15) is 37.7 Å². The lowest BCUT2D eigenvalue weighted by molar-refractivity contribution is 0.324. The summed E-state index contributed by atoms with van der Waals surface area (Å²) in [6.45, 7) is 0. The van der Waals surface area contributed by atoms with Crippen LogP contribution >= 0.6 is 12.2 Å². The number of rotatable bonds is 6. The molecule has 0 heterocycles. The molecule has 1 aliphatic carbocycles. The predicted molar refractivity (Wildman–Crippen MR) is 99.4 cm³/mol. The predicted octanol–water partition coefficient (Wildman–Crippen LogP) is 2.84. The first-order valence-corrected chi connectivity index (χ1v) is 8.49. The minimum atomic E-state index is 0.449. The number of nitrogens with one attached hydrogen (secondary N) is 2. The second kappa shape index (κ2) is 9.32. The van der Waals surface area contributed by atoms with Gasteiger partial charge in [0.25, 0.3) is 0 Å². The van der Waals surface area contributed by atoms with Crippen LogP contribution in [-0.2, 0) is 0 Å². The van der Waals surface area contributed by atoms with Crippen LogP contribution in [0.2, 0.25) is 0 Å². The van der Waals surface area contributed by atoms with Gasteiger partial charge >= 0.3 is 0 Å². The van der Waals surface area contributed by atoms with Gasteiger partial charge in [-0.25, -0.2) is 0 Å². The molecule has 132 valence electrons. The maximum Gasteiger partial charge on any atom is 0.203 e.